The molecule has 3 amide bonds. The van der Waals surface area contributed by atoms with Gasteiger partial charge >= 0.3 is 6.03 Å². The van der Waals surface area contributed by atoms with Crippen molar-refractivity contribution in [1.29, 1.82) is 0 Å². The average Bonchev–Trinajstić information content (AvgIpc) is 3.11. The van der Waals surface area contributed by atoms with Crippen LogP contribution < -0.4 is 10.6 Å². The lowest BCUT2D eigenvalue weighted by atomic mass is 10.1. The van der Waals surface area contributed by atoms with Crippen LogP contribution in [0, 0.1) is 13.8 Å². The molecule has 136 valence electrons. The van der Waals surface area contributed by atoms with E-state index in [4.69, 9.17) is 11.6 Å². The lowest BCUT2D eigenvalue weighted by Gasteiger charge is -2.24. The molecule has 6 heteroatoms. The lowest BCUT2D eigenvalue weighted by Crippen LogP contribution is -2.45. The minimum Gasteiger partial charge on any atom is -0.324 e. The molecule has 0 bridgehead atoms. The Morgan fingerprint density at radius 2 is 1.81 bits per heavy atom. The van der Waals surface area contributed by atoms with Gasteiger partial charge in [-0.3, -0.25) is 4.79 Å². The second-order valence-electron chi connectivity index (χ2n) is 6.53. The Labute approximate surface area is 158 Å². The molecular formula is C20H22ClN3O2. The van der Waals surface area contributed by atoms with E-state index in [2.05, 4.69) is 10.6 Å². The highest BCUT2D eigenvalue weighted by Crippen LogP contribution is 2.23. The van der Waals surface area contributed by atoms with Gasteiger partial charge in [-0.2, -0.15) is 0 Å². The molecule has 1 aliphatic rings. The second kappa shape index (κ2) is 7.79. The Morgan fingerprint density at radius 3 is 2.54 bits per heavy atom. The third-order valence-electron chi connectivity index (χ3n) is 4.77. The number of nitrogens with zero attached hydrogens (tertiary/aromatic N) is 1. The Balaban J connectivity index is 1.68. The summed E-state index contributed by atoms with van der Waals surface area (Å²) < 4.78 is 0. The van der Waals surface area contributed by atoms with E-state index in [1.807, 2.05) is 32.0 Å². The average molecular weight is 372 g/mol. The van der Waals surface area contributed by atoms with Crippen LogP contribution in [0.5, 0.6) is 0 Å². The summed E-state index contributed by atoms with van der Waals surface area (Å²) >= 11 is 5.86. The first-order valence-corrected chi connectivity index (χ1v) is 9.04. The summed E-state index contributed by atoms with van der Waals surface area (Å²) in [6.07, 6.45) is 1.46. The first-order chi connectivity index (χ1) is 12.5. The van der Waals surface area contributed by atoms with Crippen molar-refractivity contribution >= 4 is 34.9 Å². The van der Waals surface area contributed by atoms with Crippen molar-refractivity contribution in [1.82, 2.24) is 4.90 Å². The van der Waals surface area contributed by atoms with Gasteiger partial charge < -0.3 is 15.5 Å². The minimum absolute atomic E-state index is 0.151. The summed E-state index contributed by atoms with van der Waals surface area (Å²) in [5.74, 6) is -0.151. The van der Waals surface area contributed by atoms with Gasteiger partial charge in [0.25, 0.3) is 0 Å². The van der Waals surface area contributed by atoms with Crippen molar-refractivity contribution in [2.24, 2.45) is 0 Å². The number of urea groups is 1. The Morgan fingerprint density at radius 1 is 1.08 bits per heavy atom. The fraction of sp³-hybridized carbons (Fsp3) is 0.300. The third-order valence-corrected chi connectivity index (χ3v) is 5.03. The molecule has 2 aromatic carbocycles. The van der Waals surface area contributed by atoms with Crippen molar-refractivity contribution in [3.8, 4) is 0 Å². The highest BCUT2D eigenvalue weighted by atomic mass is 35.5. The van der Waals surface area contributed by atoms with Gasteiger partial charge in [-0.1, -0.05) is 23.7 Å². The van der Waals surface area contributed by atoms with Gasteiger partial charge in [0.1, 0.15) is 6.04 Å². The molecule has 0 aromatic heterocycles. The molecule has 1 aliphatic heterocycles. The molecule has 1 unspecified atom stereocenters. The van der Waals surface area contributed by atoms with E-state index >= 15 is 0 Å². The number of carbonyl (C=O) groups is 2. The number of aryl methyl sites for hydroxylation is 1. The van der Waals surface area contributed by atoms with Gasteiger partial charge in [0, 0.05) is 22.9 Å². The van der Waals surface area contributed by atoms with Crippen LogP contribution in [-0.4, -0.2) is 29.4 Å². The van der Waals surface area contributed by atoms with Crippen molar-refractivity contribution in [2.75, 3.05) is 17.2 Å². The highest BCUT2D eigenvalue weighted by molar-refractivity contribution is 6.30. The summed E-state index contributed by atoms with van der Waals surface area (Å²) in [5.41, 5.74) is 3.60. The molecule has 0 spiro atoms. The number of rotatable bonds is 3. The van der Waals surface area contributed by atoms with Gasteiger partial charge in [0.2, 0.25) is 5.91 Å². The minimum atomic E-state index is -0.470. The van der Waals surface area contributed by atoms with Gasteiger partial charge in [-0.25, -0.2) is 4.79 Å². The number of carbonyl (C=O) groups excluding carboxylic acids is 2. The number of hydrogen-bond acceptors (Lipinski definition) is 2. The number of nitrogens with one attached hydrogen (secondary N) is 2. The van der Waals surface area contributed by atoms with Crippen molar-refractivity contribution in [2.45, 2.75) is 32.7 Å². The number of hydrogen-bond donors (Lipinski definition) is 2. The summed E-state index contributed by atoms with van der Waals surface area (Å²) in [5, 5.41) is 6.41. The zero-order valence-corrected chi connectivity index (χ0v) is 15.6. The van der Waals surface area contributed by atoms with Crippen LogP contribution in [0.4, 0.5) is 16.2 Å². The molecule has 1 heterocycles. The topological polar surface area (TPSA) is 61.4 Å². The first kappa shape index (κ1) is 18.3. The zero-order chi connectivity index (χ0) is 18.7. The Bertz CT molecular complexity index is 820. The van der Waals surface area contributed by atoms with E-state index in [0.29, 0.717) is 23.7 Å². The number of amides is 3. The van der Waals surface area contributed by atoms with Crippen LogP contribution in [0.1, 0.15) is 24.0 Å². The van der Waals surface area contributed by atoms with Crippen LogP contribution in [0.3, 0.4) is 0 Å². The zero-order valence-electron chi connectivity index (χ0n) is 14.9. The number of benzene rings is 2. The van der Waals surface area contributed by atoms with Gasteiger partial charge in [0.05, 0.1) is 0 Å². The molecule has 5 nitrogen and oxygen atoms in total. The molecule has 2 N–H and O–H groups in total. The van der Waals surface area contributed by atoms with Crippen LogP contribution in [0.25, 0.3) is 0 Å². The first-order valence-electron chi connectivity index (χ1n) is 8.66. The van der Waals surface area contributed by atoms with E-state index in [1.165, 1.54) is 0 Å². The highest BCUT2D eigenvalue weighted by Gasteiger charge is 2.34. The summed E-state index contributed by atoms with van der Waals surface area (Å²) in [6, 6.07) is 12.0. The SMILES string of the molecule is Cc1cccc(NC(=O)C2CCCN2C(=O)Nc2ccc(Cl)cc2)c1C. The molecule has 1 atom stereocenters. The van der Waals surface area contributed by atoms with Crippen LogP contribution in [0.2, 0.25) is 5.02 Å². The van der Waals surface area contributed by atoms with Gasteiger partial charge in [-0.15, -0.1) is 0 Å². The largest absolute Gasteiger partial charge is 0.324 e. The number of halogens is 1. The predicted molar refractivity (Wildman–Crippen MR) is 105 cm³/mol. The maximum Gasteiger partial charge on any atom is 0.322 e. The van der Waals surface area contributed by atoms with E-state index in [0.717, 1.165) is 23.2 Å². The molecule has 3 rings (SSSR count). The lowest BCUT2D eigenvalue weighted by molar-refractivity contribution is -0.119. The summed E-state index contributed by atoms with van der Waals surface area (Å²) in [6.45, 7) is 4.54. The maximum absolute atomic E-state index is 12.7. The van der Waals surface area contributed by atoms with E-state index in [1.54, 1.807) is 29.2 Å². The standard InChI is InChI=1S/C20H22ClN3O2/c1-13-5-3-6-17(14(13)2)23-19(25)18-7-4-12-24(18)20(26)22-16-10-8-15(21)9-11-16/h3,5-6,8-11,18H,4,7,12H2,1-2H3,(H,22,26)(H,23,25). The van der Waals surface area contributed by atoms with Crippen molar-refractivity contribution in [3.05, 3.63) is 58.6 Å². The smallest absolute Gasteiger partial charge is 0.322 e. The quantitative estimate of drug-likeness (QED) is 0.828. The number of likely N-dealkylation sites (tertiary alicyclic amines) is 1. The second-order valence-corrected chi connectivity index (χ2v) is 6.96. The van der Waals surface area contributed by atoms with Crippen molar-refractivity contribution < 1.29 is 9.59 Å². The van der Waals surface area contributed by atoms with Crippen LogP contribution in [-0.2, 0) is 4.79 Å². The third kappa shape index (κ3) is 3.99. The molecule has 0 saturated carbocycles. The molecule has 0 radical (unpaired) electrons. The van der Waals surface area contributed by atoms with Gasteiger partial charge in [-0.05, 0) is 68.1 Å². The molecule has 1 saturated heterocycles. The number of anilines is 2. The molecule has 0 aliphatic carbocycles. The van der Waals surface area contributed by atoms with Crippen molar-refractivity contribution in [3.63, 3.8) is 0 Å². The Kier molecular flexibility index (Phi) is 5.47. The monoisotopic (exact) mass is 371 g/mol. The summed E-state index contributed by atoms with van der Waals surface area (Å²) in [4.78, 5) is 26.9. The molecule has 1 fully saturated rings. The van der Waals surface area contributed by atoms with E-state index < -0.39 is 6.04 Å². The fourth-order valence-corrected chi connectivity index (χ4v) is 3.24. The molecule has 2 aromatic rings. The molecule has 26 heavy (non-hydrogen) atoms. The normalized spacial score (nSPS) is 16.4. The molecular weight excluding hydrogens is 350 g/mol. The fourth-order valence-electron chi connectivity index (χ4n) is 3.11. The Hall–Kier alpha value is -2.53. The van der Waals surface area contributed by atoms with E-state index in [-0.39, 0.29) is 11.9 Å². The van der Waals surface area contributed by atoms with Crippen LogP contribution in [0.15, 0.2) is 42.5 Å². The maximum atomic E-state index is 12.7. The van der Waals surface area contributed by atoms with E-state index in [9.17, 15) is 9.59 Å². The summed E-state index contributed by atoms with van der Waals surface area (Å²) in [7, 11) is 0. The predicted octanol–water partition coefficient (Wildman–Crippen LogP) is 4.59. The van der Waals surface area contributed by atoms with Crippen LogP contribution >= 0.6 is 11.6 Å². The van der Waals surface area contributed by atoms with Gasteiger partial charge in [0.15, 0.2) is 0 Å².